The van der Waals surface area contributed by atoms with Gasteiger partial charge in [0.05, 0.1) is 16.3 Å². The molecule has 0 saturated carbocycles. The fourth-order valence-electron chi connectivity index (χ4n) is 2.73. The highest BCUT2D eigenvalue weighted by molar-refractivity contribution is 8.19. The SMILES string of the molecule is Cn1cccc1/C=C1\SC(=Nc2ccccc2)N(c2ccccc2)C1=O. The molecule has 0 radical (unpaired) electrons. The number of aryl methyl sites for hydroxylation is 1. The maximum atomic E-state index is 13.1. The largest absolute Gasteiger partial charge is 0.351 e. The molecule has 3 aromatic rings. The van der Waals surface area contributed by atoms with Gasteiger partial charge in [0.25, 0.3) is 5.91 Å². The Morgan fingerprint density at radius 1 is 0.923 bits per heavy atom. The van der Waals surface area contributed by atoms with Gasteiger partial charge in [0.1, 0.15) is 0 Å². The highest BCUT2D eigenvalue weighted by Crippen LogP contribution is 2.37. The van der Waals surface area contributed by atoms with Gasteiger partial charge in [-0.1, -0.05) is 36.4 Å². The third-order valence-corrected chi connectivity index (χ3v) is 5.03. The molecule has 1 saturated heterocycles. The summed E-state index contributed by atoms with van der Waals surface area (Å²) in [5.41, 5.74) is 2.62. The van der Waals surface area contributed by atoms with Crippen molar-refractivity contribution < 1.29 is 4.79 Å². The zero-order valence-corrected chi connectivity index (χ0v) is 15.1. The Bertz CT molecular complexity index is 990. The molecule has 2 heterocycles. The number of nitrogens with zero attached hydrogens (tertiary/aromatic N) is 3. The van der Waals surface area contributed by atoms with E-state index in [0.717, 1.165) is 17.1 Å². The molecule has 0 N–H and O–H groups in total. The summed E-state index contributed by atoms with van der Waals surface area (Å²) in [5, 5.41) is 0.660. The van der Waals surface area contributed by atoms with Crippen LogP contribution in [-0.4, -0.2) is 15.6 Å². The second kappa shape index (κ2) is 7.06. The molecule has 128 valence electrons. The maximum absolute atomic E-state index is 13.1. The average Bonchev–Trinajstić information content (AvgIpc) is 3.20. The summed E-state index contributed by atoms with van der Waals surface area (Å²) < 4.78 is 1.99. The molecule has 0 atom stereocenters. The Morgan fingerprint density at radius 3 is 2.27 bits per heavy atom. The van der Waals surface area contributed by atoms with Crippen molar-refractivity contribution in [2.75, 3.05) is 4.90 Å². The highest BCUT2D eigenvalue weighted by Gasteiger charge is 2.34. The second-order valence-electron chi connectivity index (χ2n) is 5.86. The number of carbonyl (C=O) groups excluding carboxylic acids is 1. The molecule has 0 spiro atoms. The Balaban J connectivity index is 1.78. The van der Waals surface area contributed by atoms with E-state index < -0.39 is 0 Å². The zero-order chi connectivity index (χ0) is 17.9. The molecule has 1 aromatic heterocycles. The van der Waals surface area contributed by atoms with Crippen LogP contribution in [0.15, 0.2) is 88.9 Å². The van der Waals surface area contributed by atoms with Crippen LogP contribution >= 0.6 is 11.8 Å². The summed E-state index contributed by atoms with van der Waals surface area (Å²) in [6.45, 7) is 0. The minimum atomic E-state index is -0.0583. The molecule has 1 fully saturated rings. The lowest BCUT2D eigenvalue weighted by Crippen LogP contribution is -2.28. The number of aromatic nitrogens is 1. The molecule has 4 nitrogen and oxygen atoms in total. The first-order chi connectivity index (χ1) is 12.7. The lowest BCUT2D eigenvalue weighted by molar-refractivity contribution is -0.113. The molecular formula is C21H17N3OS. The first-order valence-electron chi connectivity index (χ1n) is 8.26. The van der Waals surface area contributed by atoms with E-state index in [9.17, 15) is 4.79 Å². The van der Waals surface area contributed by atoms with Crippen LogP contribution in [0.1, 0.15) is 5.69 Å². The summed E-state index contributed by atoms with van der Waals surface area (Å²) in [7, 11) is 1.96. The van der Waals surface area contributed by atoms with Gasteiger partial charge in [-0.25, -0.2) is 4.99 Å². The van der Waals surface area contributed by atoms with E-state index in [2.05, 4.69) is 0 Å². The van der Waals surface area contributed by atoms with Gasteiger partial charge < -0.3 is 4.57 Å². The Morgan fingerprint density at radius 2 is 1.62 bits per heavy atom. The van der Waals surface area contributed by atoms with Gasteiger partial charge >= 0.3 is 0 Å². The standard InChI is InChI=1S/C21H17N3OS/c1-23-14-8-13-18(23)15-19-20(25)24(17-11-6-3-7-12-17)21(26-19)22-16-9-4-2-5-10-16/h2-15H,1H3/b19-15-,22-21?. The monoisotopic (exact) mass is 359 g/mol. The fourth-order valence-corrected chi connectivity index (χ4v) is 3.71. The number of carbonyl (C=O) groups is 1. The second-order valence-corrected chi connectivity index (χ2v) is 6.87. The normalized spacial score (nSPS) is 17.4. The Labute approximate surface area is 156 Å². The molecule has 0 aliphatic carbocycles. The van der Waals surface area contributed by atoms with Gasteiger partial charge in [-0.3, -0.25) is 9.69 Å². The van der Waals surface area contributed by atoms with Crippen LogP contribution in [0.2, 0.25) is 0 Å². The van der Waals surface area contributed by atoms with Gasteiger partial charge in [-0.2, -0.15) is 0 Å². The third kappa shape index (κ3) is 3.21. The van der Waals surface area contributed by atoms with Crippen LogP contribution in [0.3, 0.4) is 0 Å². The van der Waals surface area contributed by atoms with E-state index in [-0.39, 0.29) is 5.91 Å². The molecule has 0 bridgehead atoms. The van der Waals surface area contributed by atoms with E-state index in [1.807, 2.05) is 96.7 Å². The molecule has 5 heteroatoms. The number of thioether (sulfide) groups is 1. The smallest absolute Gasteiger partial charge is 0.271 e. The van der Waals surface area contributed by atoms with Crippen LogP contribution in [0.4, 0.5) is 11.4 Å². The number of benzene rings is 2. The van der Waals surface area contributed by atoms with Crippen LogP contribution in [0.25, 0.3) is 6.08 Å². The zero-order valence-electron chi connectivity index (χ0n) is 14.2. The number of hydrogen-bond donors (Lipinski definition) is 0. The van der Waals surface area contributed by atoms with Crippen molar-refractivity contribution in [2.24, 2.45) is 12.0 Å². The topological polar surface area (TPSA) is 37.6 Å². The molecular weight excluding hydrogens is 342 g/mol. The average molecular weight is 359 g/mol. The van der Waals surface area contributed by atoms with E-state index >= 15 is 0 Å². The van der Waals surface area contributed by atoms with Gasteiger partial charge in [0.15, 0.2) is 5.17 Å². The summed E-state index contributed by atoms with van der Waals surface area (Å²) in [5.74, 6) is -0.0583. The molecule has 1 aliphatic heterocycles. The first-order valence-corrected chi connectivity index (χ1v) is 9.08. The van der Waals surface area contributed by atoms with Gasteiger partial charge in [0, 0.05) is 18.9 Å². The van der Waals surface area contributed by atoms with Crippen molar-refractivity contribution in [2.45, 2.75) is 0 Å². The quantitative estimate of drug-likeness (QED) is 0.628. The van der Waals surface area contributed by atoms with E-state index in [4.69, 9.17) is 4.99 Å². The van der Waals surface area contributed by atoms with Crippen molar-refractivity contribution in [1.29, 1.82) is 0 Å². The highest BCUT2D eigenvalue weighted by atomic mass is 32.2. The number of para-hydroxylation sites is 2. The lowest BCUT2D eigenvalue weighted by atomic mass is 10.3. The van der Waals surface area contributed by atoms with Gasteiger partial charge in [0.2, 0.25) is 0 Å². The number of rotatable bonds is 3. The summed E-state index contributed by atoms with van der Waals surface area (Å²) in [6, 6.07) is 23.3. The van der Waals surface area contributed by atoms with Gasteiger partial charge in [-0.15, -0.1) is 0 Å². The van der Waals surface area contributed by atoms with Crippen LogP contribution in [0.5, 0.6) is 0 Å². The van der Waals surface area contributed by atoms with Crippen molar-refractivity contribution in [3.8, 4) is 0 Å². The van der Waals surface area contributed by atoms with Crippen LogP contribution < -0.4 is 4.90 Å². The van der Waals surface area contributed by atoms with Crippen LogP contribution in [0, 0.1) is 0 Å². The minimum absolute atomic E-state index is 0.0583. The van der Waals surface area contributed by atoms with E-state index in [0.29, 0.717) is 10.1 Å². The summed E-state index contributed by atoms with van der Waals surface area (Å²) >= 11 is 1.40. The van der Waals surface area contributed by atoms with E-state index in [1.165, 1.54) is 11.8 Å². The van der Waals surface area contributed by atoms with Crippen molar-refractivity contribution in [3.05, 3.63) is 89.6 Å². The summed E-state index contributed by atoms with van der Waals surface area (Å²) in [6.07, 6.45) is 3.88. The van der Waals surface area contributed by atoms with E-state index in [1.54, 1.807) is 4.90 Å². The number of anilines is 1. The Kier molecular flexibility index (Phi) is 4.46. The number of hydrogen-bond acceptors (Lipinski definition) is 3. The third-order valence-electron chi connectivity index (χ3n) is 4.06. The number of aliphatic imine (C=N–C) groups is 1. The van der Waals surface area contributed by atoms with Crippen molar-refractivity contribution in [3.63, 3.8) is 0 Å². The first kappa shape index (κ1) is 16.4. The minimum Gasteiger partial charge on any atom is -0.351 e. The van der Waals surface area contributed by atoms with Crippen LogP contribution in [-0.2, 0) is 11.8 Å². The molecule has 0 unspecified atom stereocenters. The van der Waals surface area contributed by atoms with Crippen molar-refractivity contribution in [1.82, 2.24) is 4.57 Å². The van der Waals surface area contributed by atoms with Crippen molar-refractivity contribution >= 4 is 40.3 Å². The molecule has 1 aliphatic rings. The maximum Gasteiger partial charge on any atom is 0.271 e. The predicted octanol–water partition coefficient (Wildman–Crippen LogP) is 4.83. The Hall–Kier alpha value is -3.05. The lowest BCUT2D eigenvalue weighted by Gasteiger charge is -2.15. The molecule has 4 rings (SSSR count). The number of amides is 1. The molecule has 1 amide bonds. The predicted molar refractivity (Wildman–Crippen MR) is 108 cm³/mol. The van der Waals surface area contributed by atoms with Gasteiger partial charge in [-0.05, 0) is 54.2 Å². The number of amidine groups is 1. The fraction of sp³-hybridized carbons (Fsp3) is 0.0476. The molecule has 2 aromatic carbocycles. The summed E-state index contributed by atoms with van der Waals surface area (Å²) in [4.78, 5) is 20.1. The molecule has 26 heavy (non-hydrogen) atoms.